The maximum Gasteiger partial charge on any atom is 0.344 e. The van der Waals surface area contributed by atoms with Crippen LogP contribution >= 0.6 is 0 Å². The summed E-state index contributed by atoms with van der Waals surface area (Å²) in [6.07, 6.45) is 7.57. The molecule has 62 valence electrons. The molecule has 4 nitrogen and oxygen atoms in total. The maximum absolute atomic E-state index is 10.5. The minimum absolute atomic E-state index is 0.373. The fourth-order valence-corrected chi connectivity index (χ4v) is 0.704. The number of rotatable bonds is 3. The number of carbonyl (C=O) groups excluding carboxylic acids is 1. The highest BCUT2D eigenvalue weighted by Crippen LogP contribution is 1.94. The second-order valence-electron chi connectivity index (χ2n) is 2.16. The summed E-state index contributed by atoms with van der Waals surface area (Å²) in [5.74, 6) is 0. The van der Waals surface area contributed by atoms with Gasteiger partial charge in [-0.1, -0.05) is 12.2 Å². The van der Waals surface area contributed by atoms with Gasteiger partial charge in [-0.3, -0.25) is 0 Å². The van der Waals surface area contributed by atoms with Crippen LogP contribution in [0.3, 0.4) is 0 Å². The second kappa shape index (κ2) is 4.23. The summed E-state index contributed by atoms with van der Waals surface area (Å²) >= 11 is 0. The number of hydrogen-bond acceptors (Lipinski definition) is 3. The van der Waals surface area contributed by atoms with Crippen LogP contribution in [0.15, 0.2) is 23.3 Å². The molecule has 0 spiro atoms. The van der Waals surface area contributed by atoms with E-state index >= 15 is 0 Å². The van der Waals surface area contributed by atoms with Crippen molar-refractivity contribution < 1.29 is 4.79 Å². The second-order valence-corrected chi connectivity index (χ2v) is 2.16. The van der Waals surface area contributed by atoms with Crippen LogP contribution < -0.4 is 5.69 Å². The molecule has 0 radical (unpaired) electrons. The van der Waals surface area contributed by atoms with Crippen LogP contribution in [0, 0.1) is 0 Å². The first-order chi connectivity index (χ1) is 5.83. The quantitative estimate of drug-likeness (QED) is 0.656. The molecule has 12 heavy (non-hydrogen) atoms. The van der Waals surface area contributed by atoms with E-state index in [0.717, 1.165) is 11.8 Å². The minimum atomic E-state index is -0.373. The number of hydrogen-bond donors (Lipinski definition) is 1. The molecule has 0 fully saturated rings. The predicted octanol–water partition coefficient (Wildman–Crippen LogP) is 0.372. The lowest BCUT2D eigenvalue weighted by Gasteiger charge is -1.87. The maximum atomic E-state index is 10.5. The van der Waals surface area contributed by atoms with Crippen LogP contribution in [-0.2, 0) is 4.79 Å². The molecule has 1 aromatic heterocycles. The van der Waals surface area contributed by atoms with Crippen molar-refractivity contribution in [2.75, 3.05) is 0 Å². The number of aldehydes is 1. The molecular weight excluding hydrogens is 156 g/mol. The fraction of sp³-hybridized carbons (Fsp3) is 0.125. The zero-order chi connectivity index (χ0) is 8.81. The highest BCUT2D eigenvalue weighted by molar-refractivity contribution is 5.57. The zero-order valence-electron chi connectivity index (χ0n) is 6.36. The number of aromatic nitrogens is 2. The van der Waals surface area contributed by atoms with E-state index < -0.39 is 0 Å². The Bertz CT molecular complexity index is 321. The molecule has 0 saturated heterocycles. The van der Waals surface area contributed by atoms with Crippen LogP contribution in [0.5, 0.6) is 0 Å². The predicted molar refractivity (Wildman–Crippen MR) is 44.6 cm³/mol. The molecule has 0 aromatic carbocycles. The van der Waals surface area contributed by atoms with Crippen LogP contribution in [0.1, 0.15) is 12.0 Å². The van der Waals surface area contributed by atoms with Crippen molar-refractivity contribution in [1.82, 2.24) is 9.97 Å². The first kappa shape index (κ1) is 8.39. The van der Waals surface area contributed by atoms with E-state index in [-0.39, 0.29) is 5.69 Å². The Hall–Kier alpha value is -1.71. The number of carbonyl (C=O) groups is 1. The first-order valence-corrected chi connectivity index (χ1v) is 3.48. The van der Waals surface area contributed by atoms with E-state index in [0.29, 0.717) is 6.42 Å². The van der Waals surface area contributed by atoms with Gasteiger partial charge >= 0.3 is 5.69 Å². The van der Waals surface area contributed by atoms with E-state index in [1.807, 2.05) is 0 Å². The molecule has 1 heterocycles. The number of nitrogens with zero attached hydrogens (tertiary/aromatic N) is 1. The fourth-order valence-electron chi connectivity index (χ4n) is 0.704. The minimum Gasteiger partial charge on any atom is -0.312 e. The van der Waals surface area contributed by atoms with Crippen molar-refractivity contribution >= 4 is 12.4 Å². The third kappa shape index (κ3) is 2.49. The number of allylic oxidation sites excluding steroid dienone is 1. The Morgan fingerprint density at radius 3 is 3.00 bits per heavy atom. The van der Waals surface area contributed by atoms with E-state index in [1.165, 1.54) is 12.4 Å². The average molecular weight is 164 g/mol. The molecule has 0 bridgehead atoms. The Labute approximate surface area is 69.0 Å². The van der Waals surface area contributed by atoms with Crippen molar-refractivity contribution in [3.8, 4) is 0 Å². The Morgan fingerprint density at radius 2 is 2.42 bits per heavy atom. The standard InChI is InChI=1S/C8H8N2O2/c11-4-2-1-3-7-5-9-8(12)10-6-7/h1,3-6H,2H2,(H,9,10,12). The summed E-state index contributed by atoms with van der Waals surface area (Å²) in [4.78, 5) is 26.4. The molecule has 4 heteroatoms. The third-order valence-electron chi connectivity index (χ3n) is 1.24. The average Bonchev–Trinajstić information content (AvgIpc) is 2.09. The molecule has 0 atom stereocenters. The third-order valence-corrected chi connectivity index (χ3v) is 1.24. The van der Waals surface area contributed by atoms with Gasteiger partial charge in [0, 0.05) is 24.4 Å². The lowest BCUT2D eigenvalue weighted by atomic mass is 10.3. The summed E-state index contributed by atoms with van der Waals surface area (Å²) in [5, 5.41) is 0. The molecule has 0 aliphatic heterocycles. The van der Waals surface area contributed by atoms with Gasteiger partial charge in [-0.15, -0.1) is 0 Å². The highest BCUT2D eigenvalue weighted by atomic mass is 16.1. The van der Waals surface area contributed by atoms with Crippen molar-refractivity contribution in [3.05, 3.63) is 34.5 Å². The van der Waals surface area contributed by atoms with Gasteiger partial charge in [-0.05, 0) is 0 Å². The van der Waals surface area contributed by atoms with Gasteiger partial charge in [-0.2, -0.15) is 0 Å². The molecule has 0 saturated carbocycles. The van der Waals surface area contributed by atoms with Gasteiger partial charge < -0.3 is 9.78 Å². The summed E-state index contributed by atoms with van der Waals surface area (Å²) in [5.41, 5.74) is 0.402. The van der Waals surface area contributed by atoms with E-state index in [4.69, 9.17) is 0 Å². The van der Waals surface area contributed by atoms with Crippen molar-refractivity contribution in [1.29, 1.82) is 0 Å². The number of H-pyrrole nitrogens is 1. The monoisotopic (exact) mass is 164 g/mol. The first-order valence-electron chi connectivity index (χ1n) is 3.48. The molecule has 0 amide bonds. The van der Waals surface area contributed by atoms with Crippen molar-refractivity contribution in [3.63, 3.8) is 0 Å². The Morgan fingerprint density at radius 1 is 1.58 bits per heavy atom. The largest absolute Gasteiger partial charge is 0.344 e. The zero-order valence-corrected chi connectivity index (χ0v) is 6.36. The van der Waals surface area contributed by atoms with Gasteiger partial charge in [0.1, 0.15) is 6.29 Å². The van der Waals surface area contributed by atoms with Gasteiger partial charge in [-0.25, -0.2) is 9.78 Å². The van der Waals surface area contributed by atoms with E-state index in [9.17, 15) is 9.59 Å². The Kier molecular flexibility index (Phi) is 2.95. The summed E-state index contributed by atoms with van der Waals surface area (Å²) in [6, 6.07) is 0. The molecule has 0 aliphatic carbocycles. The van der Waals surface area contributed by atoms with E-state index in [1.54, 1.807) is 12.2 Å². The number of aromatic amines is 1. The molecule has 1 aromatic rings. The normalized spacial score (nSPS) is 10.3. The summed E-state index contributed by atoms with van der Waals surface area (Å²) < 4.78 is 0. The Balaban J connectivity index is 2.70. The van der Waals surface area contributed by atoms with E-state index in [2.05, 4.69) is 9.97 Å². The van der Waals surface area contributed by atoms with Crippen molar-refractivity contribution in [2.45, 2.75) is 6.42 Å². The smallest absolute Gasteiger partial charge is 0.312 e. The summed E-state index contributed by atoms with van der Waals surface area (Å²) in [6.45, 7) is 0. The molecule has 0 aliphatic rings. The lowest BCUT2D eigenvalue weighted by molar-refractivity contribution is -0.107. The van der Waals surface area contributed by atoms with Crippen LogP contribution in [0.2, 0.25) is 0 Å². The van der Waals surface area contributed by atoms with Crippen molar-refractivity contribution in [2.24, 2.45) is 0 Å². The van der Waals surface area contributed by atoms with Gasteiger partial charge in [0.15, 0.2) is 0 Å². The number of nitrogens with one attached hydrogen (secondary N) is 1. The molecule has 0 unspecified atom stereocenters. The topological polar surface area (TPSA) is 62.8 Å². The van der Waals surface area contributed by atoms with Gasteiger partial charge in [0.05, 0.1) is 0 Å². The van der Waals surface area contributed by atoms with Crippen LogP contribution in [-0.4, -0.2) is 16.3 Å². The van der Waals surface area contributed by atoms with Gasteiger partial charge in [0.25, 0.3) is 0 Å². The highest BCUT2D eigenvalue weighted by Gasteiger charge is 1.85. The molecule has 1 N–H and O–H groups in total. The lowest BCUT2D eigenvalue weighted by Crippen LogP contribution is -2.07. The van der Waals surface area contributed by atoms with Crippen LogP contribution in [0.4, 0.5) is 0 Å². The summed E-state index contributed by atoms with van der Waals surface area (Å²) in [7, 11) is 0. The van der Waals surface area contributed by atoms with Gasteiger partial charge in [0.2, 0.25) is 0 Å². The molecule has 1 rings (SSSR count). The molecular formula is C8H8N2O2. The SMILES string of the molecule is O=CCC=Cc1cnc(=O)[nH]c1. The van der Waals surface area contributed by atoms with Crippen LogP contribution in [0.25, 0.3) is 6.08 Å².